The van der Waals surface area contributed by atoms with Crippen LogP contribution in [0.2, 0.25) is 0 Å². The maximum atomic E-state index is 12.0. The van der Waals surface area contributed by atoms with E-state index in [1.165, 1.54) is 15.6 Å². The van der Waals surface area contributed by atoms with E-state index in [4.69, 9.17) is 0 Å². The number of hydrogen-bond donors (Lipinski definition) is 1. The Labute approximate surface area is 136 Å². The first-order valence-corrected chi connectivity index (χ1v) is 8.54. The Morgan fingerprint density at radius 1 is 1.38 bits per heavy atom. The quantitative estimate of drug-likeness (QED) is 0.899. The predicted octanol–water partition coefficient (Wildman–Crippen LogP) is 3.49. The zero-order valence-corrected chi connectivity index (χ0v) is 14.7. The molecule has 1 amide bonds. The van der Waals surface area contributed by atoms with Crippen LogP contribution in [-0.4, -0.2) is 29.9 Å². The van der Waals surface area contributed by atoms with Crippen LogP contribution in [0, 0.1) is 12.8 Å². The van der Waals surface area contributed by atoms with Crippen LogP contribution >= 0.6 is 15.9 Å². The molecule has 0 saturated carbocycles. The lowest BCUT2D eigenvalue weighted by atomic mass is 10.0. The molecule has 0 atom stereocenters. The molecule has 1 N–H and O–H groups in total. The van der Waals surface area contributed by atoms with Crippen molar-refractivity contribution in [1.29, 1.82) is 0 Å². The van der Waals surface area contributed by atoms with E-state index in [0.717, 1.165) is 32.5 Å². The van der Waals surface area contributed by atoms with Gasteiger partial charge in [-0.1, -0.05) is 41.9 Å². The number of carbonyl (C=O) groups is 1. The van der Waals surface area contributed by atoms with Crippen molar-refractivity contribution in [2.75, 3.05) is 13.1 Å². The average Bonchev–Trinajstić information content (AvgIpc) is 2.46. The number of halogens is 1. The largest absolute Gasteiger partial charge is 0.342 e. The molecule has 1 aliphatic heterocycles. The van der Waals surface area contributed by atoms with E-state index >= 15 is 0 Å². The minimum absolute atomic E-state index is 0.109. The van der Waals surface area contributed by atoms with Gasteiger partial charge in [0, 0.05) is 36.1 Å². The molecular formula is C17H25BrN2O. The van der Waals surface area contributed by atoms with Gasteiger partial charge in [-0.15, -0.1) is 0 Å². The van der Waals surface area contributed by atoms with Gasteiger partial charge in [0.25, 0.3) is 0 Å². The smallest absolute Gasteiger partial charge is 0.225 e. The molecule has 1 fully saturated rings. The summed E-state index contributed by atoms with van der Waals surface area (Å²) >= 11 is 3.62. The Hall–Kier alpha value is -0.870. The molecule has 4 heteroatoms. The van der Waals surface area contributed by atoms with E-state index in [2.05, 4.69) is 46.4 Å². The second kappa shape index (κ2) is 7.41. The highest BCUT2D eigenvalue weighted by Crippen LogP contribution is 2.19. The minimum Gasteiger partial charge on any atom is -0.342 e. The van der Waals surface area contributed by atoms with E-state index in [9.17, 15) is 4.79 Å². The van der Waals surface area contributed by atoms with Crippen LogP contribution in [0.3, 0.4) is 0 Å². The summed E-state index contributed by atoms with van der Waals surface area (Å²) in [4.78, 5) is 14.0. The Kier molecular flexibility index (Phi) is 5.82. The maximum Gasteiger partial charge on any atom is 0.225 e. The van der Waals surface area contributed by atoms with Crippen molar-refractivity contribution in [2.45, 2.75) is 46.2 Å². The number of likely N-dealkylation sites (tertiary alicyclic amines) is 1. The van der Waals surface area contributed by atoms with E-state index in [1.807, 2.05) is 18.7 Å². The van der Waals surface area contributed by atoms with Gasteiger partial charge in [-0.3, -0.25) is 4.79 Å². The van der Waals surface area contributed by atoms with Crippen LogP contribution in [0.25, 0.3) is 0 Å². The standard InChI is InChI=1S/C17H25BrN2O/c1-12(2)17(21)20-8-6-15(7-9-20)19-11-14-5-4-13(3)10-16(14)18/h4-5,10,12,15,19H,6-9,11H2,1-3H3. The number of rotatable bonds is 4. The van der Waals surface area contributed by atoms with Gasteiger partial charge >= 0.3 is 0 Å². The lowest BCUT2D eigenvalue weighted by Gasteiger charge is -2.33. The van der Waals surface area contributed by atoms with Gasteiger partial charge in [0.15, 0.2) is 0 Å². The van der Waals surface area contributed by atoms with Crippen molar-refractivity contribution in [3.05, 3.63) is 33.8 Å². The highest BCUT2D eigenvalue weighted by molar-refractivity contribution is 9.10. The number of amides is 1. The van der Waals surface area contributed by atoms with Crippen molar-refractivity contribution >= 4 is 21.8 Å². The van der Waals surface area contributed by atoms with Crippen LogP contribution in [0.15, 0.2) is 22.7 Å². The zero-order chi connectivity index (χ0) is 15.4. The van der Waals surface area contributed by atoms with Crippen molar-refractivity contribution in [2.24, 2.45) is 5.92 Å². The molecule has 2 rings (SSSR count). The maximum absolute atomic E-state index is 12.0. The molecule has 1 heterocycles. The Morgan fingerprint density at radius 3 is 2.62 bits per heavy atom. The van der Waals surface area contributed by atoms with Gasteiger partial charge in [-0.05, 0) is 37.0 Å². The number of hydrogen-bond acceptors (Lipinski definition) is 2. The molecule has 0 spiro atoms. The van der Waals surface area contributed by atoms with Gasteiger partial charge in [0.2, 0.25) is 5.91 Å². The third kappa shape index (κ3) is 4.55. The second-order valence-corrected chi connectivity index (χ2v) is 7.08. The average molecular weight is 353 g/mol. The number of benzene rings is 1. The molecule has 0 radical (unpaired) electrons. The Morgan fingerprint density at radius 2 is 2.05 bits per heavy atom. The molecule has 3 nitrogen and oxygen atoms in total. The SMILES string of the molecule is Cc1ccc(CNC2CCN(C(=O)C(C)C)CC2)c(Br)c1. The summed E-state index contributed by atoms with van der Waals surface area (Å²) in [6, 6.07) is 6.98. The van der Waals surface area contributed by atoms with E-state index in [-0.39, 0.29) is 11.8 Å². The van der Waals surface area contributed by atoms with Crippen molar-refractivity contribution in [3.8, 4) is 0 Å². The molecule has 1 saturated heterocycles. The van der Waals surface area contributed by atoms with Crippen molar-refractivity contribution in [1.82, 2.24) is 10.2 Å². The normalized spacial score (nSPS) is 16.5. The van der Waals surface area contributed by atoms with Gasteiger partial charge < -0.3 is 10.2 Å². The van der Waals surface area contributed by atoms with Crippen LogP contribution < -0.4 is 5.32 Å². The molecule has 116 valence electrons. The molecule has 0 aromatic heterocycles. The number of nitrogens with zero attached hydrogens (tertiary/aromatic N) is 1. The molecule has 1 aliphatic rings. The zero-order valence-electron chi connectivity index (χ0n) is 13.2. The van der Waals surface area contributed by atoms with Crippen LogP contribution in [0.1, 0.15) is 37.8 Å². The van der Waals surface area contributed by atoms with Crippen molar-refractivity contribution < 1.29 is 4.79 Å². The molecule has 21 heavy (non-hydrogen) atoms. The molecule has 1 aromatic carbocycles. The van der Waals surface area contributed by atoms with E-state index in [1.54, 1.807) is 0 Å². The lowest BCUT2D eigenvalue weighted by molar-refractivity contribution is -0.135. The summed E-state index contributed by atoms with van der Waals surface area (Å²) in [7, 11) is 0. The van der Waals surface area contributed by atoms with Crippen molar-refractivity contribution in [3.63, 3.8) is 0 Å². The van der Waals surface area contributed by atoms with Crippen LogP contribution in [-0.2, 0) is 11.3 Å². The number of aryl methyl sites for hydroxylation is 1. The summed E-state index contributed by atoms with van der Waals surface area (Å²) in [5.74, 6) is 0.396. The molecule has 0 bridgehead atoms. The summed E-state index contributed by atoms with van der Waals surface area (Å²) < 4.78 is 1.17. The number of nitrogens with one attached hydrogen (secondary N) is 1. The second-order valence-electron chi connectivity index (χ2n) is 6.23. The minimum atomic E-state index is 0.109. The van der Waals surface area contributed by atoms with E-state index < -0.39 is 0 Å². The molecule has 1 aromatic rings. The lowest BCUT2D eigenvalue weighted by Crippen LogP contribution is -2.46. The monoisotopic (exact) mass is 352 g/mol. The summed E-state index contributed by atoms with van der Waals surface area (Å²) in [6.45, 7) is 8.68. The van der Waals surface area contributed by atoms with Gasteiger partial charge in [0.1, 0.15) is 0 Å². The molecule has 0 unspecified atom stereocenters. The first-order chi connectivity index (χ1) is 9.97. The predicted molar refractivity (Wildman–Crippen MR) is 90.2 cm³/mol. The fourth-order valence-electron chi connectivity index (χ4n) is 2.72. The summed E-state index contributed by atoms with van der Waals surface area (Å²) in [5.41, 5.74) is 2.56. The van der Waals surface area contributed by atoms with Crippen LogP contribution in [0.5, 0.6) is 0 Å². The van der Waals surface area contributed by atoms with Crippen LogP contribution in [0.4, 0.5) is 0 Å². The molecule has 0 aliphatic carbocycles. The highest BCUT2D eigenvalue weighted by atomic mass is 79.9. The van der Waals surface area contributed by atoms with Gasteiger partial charge in [-0.25, -0.2) is 0 Å². The first kappa shape index (κ1) is 16.5. The fourth-order valence-corrected chi connectivity index (χ4v) is 3.35. The van der Waals surface area contributed by atoms with E-state index in [0.29, 0.717) is 6.04 Å². The first-order valence-electron chi connectivity index (χ1n) is 7.74. The number of piperidine rings is 1. The Balaban J connectivity index is 1.80. The molecular weight excluding hydrogens is 328 g/mol. The summed E-state index contributed by atoms with van der Waals surface area (Å²) in [5, 5.41) is 3.62. The topological polar surface area (TPSA) is 32.3 Å². The third-order valence-electron chi connectivity index (χ3n) is 4.09. The Bertz CT molecular complexity index is 494. The fraction of sp³-hybridized carbons (Fsp3) is 0.588. The summed E-state index contributed by atoms with van der Waals surface area (Å²) in [6.07, 6.45) is 2.09. The highest BCUT2D eigenvalue weighted by Gasteiger charge is 2.23. The number of carbonyl (C=O) groups excluding carboxylic acids is 1. The van der Waals surface area contributed by atoms with Gasteiger partial charge in [0.05, 0.1) is 0 Å². The third-order valence-corrected chi connectivity index (χ3v) is 4.83. The van der Waals surface area contributed by atoms with Gasteiger partial charge in [-0.2, -0.15) is 0 Å².